The number of hydrogen-bond donors (Lipinski definition) is 1. The molecule has 0 aromatic heterocycles. The summed E-state index contributed by atoms with van der Waals surface area (Å²) in [5.41, 5.74) is 7.06. The SMILES string of the molecule is NC1=NN=C(c2ccc(F)c(Cl)c2)CC1. The third-order valence-electron chi connectivity index (χ3n) is 2.17. The zero-order valence-corrected chi connectivity index (χ0v) is 8.63. The summed E-state index contributed by atoms with van der Waals surface area (Å²) in [6.07, 6.45) is 1.38. The maximum atomic E-state index is 12.9. The molecule has 15 heavy (non-hydrogen) atoms. The second-order valence-corrected chi connectivity index (χ2v) is 3.67. The first-order chi connectivity index (χ1) is 7.16. The molecule has 0 unspecified atom stereocenters. The highest BCUT2D eigenvalue weighted by atomic mass is 35.5. The van der Waals surface area contributed by atoms with Gasteiger partial charge < -0.3 is 5.73 Å². The van der Waals surface area contributed by atoms with Gasteiger partial charge >= 0.3 is 0 Å². The average molecular weight is 226 g/mol. The highest BCUT2D eigenvalue weighted by Crippen LogP contribution is 2.19. The van der Waals surface area contributed by atoms with Gasteiger partial charge in [0.25, 0.3) is 0 Å². The maximum Gasteiger partial charge on any atom is 0.141 e. The van der Waals surface area contributed by atoms with Crippen molar-refractivity contribution in [1.82, 2.24) is 0 Å². The van der Waals surface area contributed by atoms with Crippen LogP contribution in [0.4, 0.5) is 4.39 Å². The minimum Gasteiger partial charge on any atom is -0.386 e. The molecule has 2 N–H and O–H groups in total. The van der Waals surface area contributed by atoms with Crippen LogP contribution in [0.3, 0.4) is 0 Å². The van der Waals surface area contributed by atoms with Crippen molar-refractivity contribution in [2.24, 2.45) is 15.9 Å². The van der Waals surface area contributed by atoms with E-state index in [0.717, 1.165) is 11.3 Å². The van der Waals surface area contributed by atoms with E-state index in [0.29, 0.717) is 18.7 Å². The first-order valence-electron chi connectivity index (χ1n) is 4.51. The Morgan fingerprint density at radius 2 is 2.07 bits per heavy atom. The molecule has 5 heteroatoms. The van der Waals surface area contributed by atoms with Gasteiger partial charge in [0, 0.05) is 6.42 Å². The molecule has 0 spiro atoms. The summed E-state index contributed by atoms with van der Waals surface area (Å²) < 4.78 is 12.9. The molecule has 0 aliphatic carbocycles. The van der Waals surface area contributed by atoms with Crippen LogP contribution in [-0.4, -0.2) is 11.5 Å². The predicted molar refractivity (Wildman–Crippen MR) is 58.8 cm³/mol. The van der Waals surface area contributed by atoms with Gasteiger partial charge in [0.1, 0.15) is 11.7 Å². The summed E-state index contributed by atoms with van der Waals surface area (Å²) in [6, 6.07) is 4.51. The lowest BCUT2D eigenvalue weighted by Gasteiger charge is -2.09. The standard InChI is InChI=1S/C10H9ClFN3/c11-7-5-6(1-2-8(7)12)9-3-4-10(13)15-14-9/h1-2,5H,3-4H2,(H2,13,15). The Morgan fingerprint density at radius 3 is 2.67 bits per heavy atom. The fraction of sp³-hybridized carbons (Fsp3) is 0.200. The molecule has 0 atom stereocenters. The van der Waals surface area contributed by atoms with Crippen molar-refractivity contribution >= 4 is 23.1 Å². The Hall–Kier alpha value is -1.42. The molecule has 3 nitrogen and oxygen atoms in total. The lowest BCUT2D eigenvalue weighted by Crippen LogP contribution is -2.17. The molecule has 0 saturated carbocycles. The first kappa shape index (κ1) is 10.1. The second-order valence-electron chi connectivity index (χ2n) is 3.27. The van der Waals surface area contributed by atoms with Crippen LogP contribution in [0.15, 0.2) is 28.4 Å². The van der Waals surface area contributed by atoms with Crippen molar-refractivity contribution in [3.63, 3.8) is 0 Å². The zero-order chi connectivity index (χ0) is 10.8. The molecule has 0 amide bonds. The molecule has 0 fully saturated rings. The Labute approximate surface area is 91.5 Å². The Bertz CT molecular complexity index is 454. The van der Waals surface area contributed by atoms with Gasteiger partial charge in [0.05, 0.1) is 10.7 Å². The third-order valence-corrected chi connectivity index (χ3v) is 2.46. The molecule has 1 aromatic carbocycles. The lowest BCUT2D eigenvalue weighted by atomic mass is 10.0. The van der Waals surface area contributed by atoms with E-state index in [2.05, 4.69) is 10.2 Å². The van der Waals surface area contributed by atoms with Crippen molar-refractivity contribution < 1.29 is 4.39 Å². The van der Waals surface area contributed by atoms with Crippen LogP contribution in [-0.2, 0) is 0 Å². The maximum absolute atomic E-state index is 12.9. The fourth-order valence-corrected chi connectivity index (χ4v) is 1.53. The molecule has 1 heterocycles. The van der Waals surface area contributed by atoms with E-state index < -0.39 is 5.82 Å². The second kappa shape index (κ2) is 3.98. The molecule has 1 aliphatic heterocycles. The van der Waals surface area contributed by atoms with E-state index in [4.69, 9.17) is 17.3 Å². The van der Waals surface area contributed by atoms with Gasteiger partial charge in [-0.25, -0.2) is 4.39 Å². The molecule has 78 valence electrons. The van der Waals surface area contributed by atoms with Crippen molar-refractivity contribution in [3.8, 4) is 0 Å². The molecular weight excluding hydrogens is 217 g/mol. The van der Waals surface area contributed by atoms with E-state index >= 15 is 0 Å². The molecule has 1 aliphatic rings. The number of nitrogens with zero attached hydrogens (tertiary/aromatic N) is 2. The number of halogens is 2. The van der Waals surface area contributed by atoms with Gasteiger partial charge in [-0.2, -0.15) is 5.10 Å². The monoisotopic (exact) mass is 225 g/mol. The number of benzene rings is 1. The first-order valence-corrected chi connectivity index (χ1v) is 4.89. The van der Waals surface area contributed by atoms with Crippen LogP contribution in [0.1, 0.15) is 18.4 Å². The van der Waals surface area contributed by atoms with Gasteiger partial charge in [0.2, 0.25) is 0 Å². The third kappa shape index (κ3) is 2.15. The van der Waals surface area contributed by atoms with E-state index in [9.17, 15) is 4.39 Å². The minimum atomic E-state index is -0.431. The van der Waals surface area contributed by atoms with Crippen molar-refractivity contribution in [1.29, 1.82) is 0 Å². The Balaban J connectivity index is 2.35. The number of nitrogens with two attached hydrogens (primary N) is 1. The quantitative estimate of drug-likeness (QED) is 0.784. The number of hydrogen-bond acceptors (Lipinski definition) is 3. The topological polar surface area (TPSA) is 50.7 Å². The smallest absolute Gasteiger partial charge is 0.141 e. The van der Waals surface area contributed by atoms with Crippen molar-refractivity contribution in [3.05, 3.63) is 34.6 Å². The summed E-state index contributed by atoms with van der Waals surface area (Å²) in [6.45, 7) is 0. The fourth-order valence-electron chi connectivity index (χ4n) is 1.35. The minimum absolute atomic E-state index is 0.0951. The van der Waals surface area contributed by atoms with Crippen LogP contribution in [0.5, 0.6) is 0 Å². The number of rotatable bonds is 1. The van der Waals surface area contributed by atoms with E-state index in [1.54, 1.807) is 12.1 Å². The lowest BCUT2D eigenvalue weighted by molar-refractivity contribution is 0.628. The van der Waals surface area contributed by atoms with Crippen LogP contribution in [0.25, 0.3) is 0 Å². The zero-order valence-electron chi connectivity index (χ0n) is 7.87. The molecule has 1 aromatic rings. The molecule has 2 rings (SSSR count). The summed E-state index contributed by atoms with van der Waals surface area (Å²) in [7, 11) is 0. The van der Waals surface area contributed by atoms with Crippen LogP contribution < -0.4 is 5.73 Å². The van der Waals surface area contributed by atoms with Crippen molar-refractivity contribution in [2.45, 2.75) is 12.8 Å². The summed E-state index contributed by atoms with van der Waals surface area (Å²) in [5, 5.41) is 7.83. The van der Waals surface area contributed by atoms with Gasteiger partial charge in [-0.3, -0.25) is 0 Å². The Kier molecular flexibility index (Phi) is 2.68. The highest BCUT2D eigenvalue weighted by molar-refractivity contribution is 6.31. The molecule has 0 saturated heterocycles. The summed E-state index contributed by atoms with van der Waals surface area (Å²) in [5.74, 6) is 0.0896. The Morgan fingerprint density at radius 1 is 1.27 bits per heavy atom. The predicted octanol–water partition coefficient (Wildman–Crippen LogP) is 2.33. The summed E-state index contributed by atoms with van der Waals surface area (Å²) in [4.78, 5) is 0. The molecule has 0 radical (unpaired) electrons. The van der Waals surface area contributed by atoms with E-state index in [-0.39, 0.29) is 5.02 Å². The average Bonchev–Trinajstić information content (AvgIpc) is 2.23. The van der Waals surface area contributed by atoms with Gasteiger partial charge in [0.15, 0.2) is 0 Å². The molecular formula is C10H9ClFN3. The number of amidine groups is 1. The van der Waals surface area contributed by atoms with Gasteiger partial charge in [-0.05, 0) is 24.1 Å². The van der Waals surface area contributed by atoms with E-state index in [1.165, 1.54) is 6.07 Å². The van der Waals surface area contributed by atoms with Crippen LogP contribution >= 0.6 is 11.6 Å². The summed E-state index contributed by atoms with van der Waals surface area (Å²) >= 11 is 5.67. The normalized spacial score (nSPS) is 15.9. The molecule has 0 bridgehead atoms. The van der Waals surface area contributed by atoms with Gasteiger partial charge in [-0.1, -0.05) is 17.7 Å². The van der Waals surface area contributed by atoms with E-state index in [1.807, 2.05) is 0 Å². The van der Waals surface area contributed by atoms with Crippen LogP contribution in [0, 0.1) is 5.82 Å². The van der Waals surface area contributed by atoms with Gasteiger partial charge in [-0.15, -0.1) is 5.10 Å². The van der Waals surface area contributed by atoms with Crippen molar-refractivity contribution in [2.75, 3.05) is 0 Å². The van der Waals surface area contributed by atoms with Crippen LogP contribution in [0.2, 0.25) is 5.02 Å². The largest absolute Gasteiger partial charge is 0.386 e. The highest BCUT2D eigenvalue weighted by Gasteiger charge is 2.11.